The molecule has 3 heteroatoms. The molecular weight excluding hydrogens is 288 g/mol. The predicted octanol–water partition coefficient (Wildman–Crippen LogP) is 4.09. The second-order valence-electron chi connectivity index (χ2n) is 5.68. The summed E-state index contributed by atoms with van der Waals surface area (Å²) in [5.41, 5.74) is 5.60. The number of halogens is 1. The third-order valence-electron chi connectivity index (χ3n) is 4.18. The zero-order chi connectivity index (χ0) is 13.1. The van der Waals surface area contributed by atoms with Gasteiger partial charge in [0.1, 0.15) is 0 Å². The Hall–Kier alpha value is -0.380. The molecule has 0 aromatic heterocycles. The van der Waals surface area contributed by atoms with Crippen molar-refractivity contribution in [2.45, 2.75) is 45.6 Å². The van der Waals surface area contributed by atoms with Gasteiger partial charge in [-0.15, -0.1) is 0 Å². The fraction of sp³-hybridized carbons (Fsp3) is 0.600. The first-order valence-electron chi connectivity index (χ1n) is 6.84. The molecule has 18 heavy (non-hydrogen) atoms. The van der Waals surface area contributed by atoms with Crippen LogP contribution >= 0.6 is 15.9 Å². The highest BCUT2D eigenvalue weighted by Gasteiger charge is 2.27. The van der Waals surface area contributed by atoms with Crippen molar-refractivity contribution in [1.29, 1.82) is 0 Å². The maximum absolute atomic E-state index is 5.80. The van der Waals surface area contributed by atoms with Crippen LogP contribution in [0.2, 0.25) is 0 Å². The number of aryl methyl sites for hydroxylation is 1. The maximum atomic E-state index is 5.80. The summed E-state index contributed by atoms with van der Waals surface area (Å²) in [7, 11) is 0. The minimum Gasteiger partial charge on any atom is -0.271 e. The Bertz CT molecular complexity index is 405. The summed E-state index contributed by atoms with van der Waals surface area (Å²) in [6, 6.07) is 6.85. The van der Waals surface area contributed by atoms with Gasteiger partial charge in [-0.2, -0.15) is 0 Å². The van der Waals surface area contributed by atoms with Gasteiger partial charge >= 0.3 is 0 Å². The van der Waals surface area contributed by atoms with Crippen LogP contribution in [0.5, 0.6) is 0 Å². The molecule has 1 saturated carbocycles. The number of hydrogen-bond donors (Lipinski definition) is 2. The van der Waals surface area contributed by atoms with Gasteiger partial charge in [0.05, 0.1) is 0 Å². The van der Waals surface area contributed by atoms with E-state index in [9.17, 15) is 0 Å². The van der Waals surface area contributed by atoms with Crippen molar-refractivity contribution in [2.75, 3.05) is 0 Å². The highest BCUT2D eigenvalue weighted by Crippen LogP contribution is 2.37. The number of hydrazine groups is 1. The molecule has 3 atom stereocenters. The number of nitrogens with one attached hydrogen (secondary N) is 1. The number of benzene rings is 1. The minimum atomic E-state index is 0.282. The molecule has 3 N–H and O–H groups in total. The van der Waals surface area contributed by atoms with Crippen LogP contribution in [0.1, 0.15) is 49.8 Å². The molecule has 3 unspecified atom stereocenters. The summed E-state index contributed by atoms with van der Waals surface area (Å²) in [4.78, 5) is 0. The first-order chi connectivity index (χ1) is 8.61. The van der Waals surface area contributed by atoms with Gasteiger partial charge in [0.2, 0.25) is 0 Å². The van der Waals surface area contributed by atoms with Gasteiger partial charge in [-0.25, -0.2) is 0 Å². The standard InChI is InChI=1S/C15H23BrN2/c1-10-4-3-5-12(8-10)15(18-17)13-7-6-11(2)14(16)9-13/h6-7,9-10,12,15,18H,3-5,8,17H2,1-2H3. The Labute approximate surface area is 118 Å². The van der Waals surface area contributed by atoms with E-state index in [-0.39, 0.29) is 6.04 Å². The SMILES string of the molecule is Cc1ccc(C(NN)C2CCCC(C)C2)cc1Br. The van der Waals surface area contributed by atoms with Crippen LogP contribution in [0.15, 0.2) is 22.7 Å². The van der Waals surface area contributed by atoms with E-state index < -0.39 is 0 Å². The van der Waals surface area contributed by atoms with Crippen molar-refractivity contribution >= 4 is 15.9 Å². The molecule has 2 rings (SSSR count). The number of rotatable bonds is 3. The average molecular weight is 311 g/mol. The molecular formula is C15H23BrN2. The monoisotopic (exact) mass is 310 g/mol. The van der Waals surface area contributed by atoms with Gasteiger partial charge in [0.25, 0.3) is 0 Å². The average Bonchev–Trinajstić information content (AvgIpc) is 2.35. The van der Waals surface area contributed by atoms with Crippen LogP contribution in [0.4, 0.5) is 0 Å². The second kappa shape index (κ2) is 6.18. The van der Waals surface area contributed by atoms with Crippen LogP contribution in [-0.4, -0.2) is 0 Å². The van der Waals surface area contributed by atoms with Crippen LogP contribution in [0.3, 0.4) is 0 Å². The molecule has 100 valence electrons. The Morgan fingerprint density at radius 1 is 1.39 bits per heavy atom. The quantitative estimate of drug-likeness (QED) is 0.652. The molecule has 0 radical (unpaired) electrons. The van der Waals surface area contributed by atoms with Gasteiger partial charge in [-0.3, -0.25) is 11.3 Å². The maximum Gasteiger partial charge on any atom is 0.0488 e. The van der Waals surface area contributed by atoms with Gasteiger partial charge in [0.15, 0.2) is 0 Å². The summed E-state index contributed by atoms with van der Waals surface area (Å²) in [6.07, 6.45) is 5.26. The van der Waals surface area contributed by atoms with Crippen molar-refractivity contribution in [3.05, 3.63) is 33.8 Å². The Kier molecular flexibility index (Phi) is 4.82. The molecule has 0 aliphatic heterocycles. The van der Waals surface area contributed by atoms with Crippen molar-refractivity contribution in [3.8, 4) is 0 Å². The third-order valence-corrected chi connectivity index (χ3v) is 5.04. The van der Waals surface area contributed by atoms with Crippen LogP contribution < -0.4 is 11.3 Å². The summed E-state index contributed by atoms with van der Waals surface area (Å²) < 4.78 is 1.17. The molecule has 0 spiro atoms. The lowest BCUT2D eigenvalue weighted by molar-refractivity contribution is 0.224. The molecule has 0 bridgehead atoms. The van der Waals surface area contributed by atoms with Gasteiger partial charge < -0.3 is 0 Å². The molecule has 1 aromatic rings. The fourth-order valence-electron chi connectivity index (χ4n) is 3.09. The zero-order valence-electron chi connectivity index (χ0n) is 11.2. The molecule has 1 aliphatic rings. The summed E-state index contributed by atoms with van der Waals surface area (Å²) in [5.74, 6) is 7.29. The lowest BCUT2D eigenvalue weighted by Gasteiger charge is -2.33. The smallest absolute Gasteiger partial charge is 0.0488 e. The summed E-state index contributed by atoms with van der Waals surface area (Å²) >= 11 is 3.61. The largest absolute Gasteiger partial charge is 0.271 e. The van der Waals surface area contributed by atoms with Gasteiger partial charge in [-0.1, -0.05) is 47.8 Å². The lowest BCUT2D eigenvalue weighted by Crippen LogP contribution is -2.35. The van der Waals surface area contributed by atoms with E-state index in [1.54, 1.807) is 0 Å². The van der Waals surface area contributed by atoms with Crippen molar-refractivity contribution in [2.24, 2.45) is 17.7 Å². The van der Waals surface area contributed by atoms with Crippen LogP contribution in [0, 0.1) is 18.8 Å². The normalized spacial score (nSPS) is 26.0. The number of nitrogens with two attached hydrogens (primary N) is 1. The molecule has 2 nitrogen and oxygen atoms in total. The molecule has 1 aliphatic carbocycles. The van der Waals surface area contributed by atoms with Crippen molar-refractivity contribution in [3.63, 3.8) is 0 Å². The van der Waals surface area contributed by atoms with E-state index >= 15 is 0 Å². The second-order valence-corrected chi connectivity index (χ2v) is 6.54. The van der Waals surface area contributed by atoms with Crippen molar-refractivity contribution < 1.29 is 0 Å². The first kappa shape index (κ1) is 14.0. The Morgan fingerprint density at radius 3 is 2.78 bits per heavy atom. The zero-order valence-corrected chi connectivity index (χ0v) is 12.8. The fourth-order valence-corrected chi connectivity index (χ4v) is 3.49. The van der Waals surface area contributed by atoms with Gasteiger partial charge in [0, 0.05) is 10.5 Å². The van der Waals surface area contributed by atoms with E-state index in [2.05, 4.69) is 53.4 Å². The minimum absolute atomic E-state index is 0.282. The molecule has 0 heterocycles. The first-order valence-corrected chi connectivity index (χ1v) is 7.63. The highest BCUT2D eigenvalue weighted by molar-refractivity contribution is 9.10. The highest BCUT2D eigenvalue weighted by atomic mass is 79.9. The molecule has 0 amide bonds. The van der Waals surface area contributed by atoms with Crippen LogP contribution in [-0.2, 0) is 0 Å². The topological polar surface area (TPSA) is 38.0 Å². The number of hydrogen-bond acceptors (Lipinski definition) is 2. The predicted molar refractivity (Wildman–Crippen MR) is 80.1 cm³/mol. The van der Waals surface area contributed by atoms with E-state index in [1.807, 2.05) is 0 Å². The Morgan fingerprint density at radius 2 is 2.17 bits per heavy atom. The summed E-state index contributed by atoms with van der Waals surface area (Å²) in [5, 5.41) is 0. The molecule has 1 aromatic carbocycles. The summed E-state index contributed by atoms with van der Waals surface area (Å²) in [6.45, 7) is 4.46. The molecule has 0 saturated heterocycles. The van der Waals surface area contributed by atoms with Gasteiger partial charge in [-0.05, 0) is 48.8 Å². The third kappa shape index (κ3) is 3.14. The Balaban J connectivity index is 2.18. The van der Waals surface area contributed by atoms with E-state index in [1.165, 1.54) is 41.3 Å². The lowest BCUT2D eigenvalue weighted by atomic mass is 9.77. The van der Waals surface area contributed by atoms with E-state index in [4.69, 9.17) is 5.84 Å². The van der Waals surface area contributed by atoms with Crippen molar-refractivity contribution in [1.82, 2.24) is 5.43 Å². The molecule has 1 fully saturated rings. The van der Waals surface area contributed by atoms with E-state index in [0.29, 0.717) is 5.92 Å². The van der Waals surface area contributed by atoms with Crippen LogP contribution in [0.25, 0.3) is 0 Å². The van der Waals surface area contributed by atoms with E-state index in [0.717, 1.165) is 5.92 Å².